The number of nitrogens with two attached hydrogens (primary N) is 1. The van der Waals surface area contributed by atoms with Crippen LogP contribution in [-0.2, 0) is 0 Å². The van der Waals surface area contributed by atoms with Crippen LogP contribution in [0.25, 0.3) is 0 Å². The van der Waals surface area contributed by atoms with E-state index in [-0.39, 0.29) is 42.3 Å². The summed E-state index contributed by atoms with van der Waals surface area (Å²) in [5, 5.41) is 0. The highest BCUT2D eigenvalue weighted by atomic mass is 127. The summed E-state index contributed by atoms with van der Waals surface area (Å²) < 4.78 is 31.6. The van der Waals surface area contributed by atoms with E-state index in [9.17, 15) is 8.78 Å². The lowest BCUT2D eigenvalue weighted by Gasteiger charge is -2.36. The van der Waals surface area contributed by atoms with Crippen LogP contribution < -0.4 is 15.4 Å². The fourth-order valence-corrected chi connectivity index (χ4v) is 2.73. The molecule has 1 aromatic heterocycles. The van der Waals surface area contributed by atoms with Gasteiger partial charge in [-0.05, 0) is 36.4 Å². The maximum atomic E-state index is 13.4. The molecule has 0 aliphatic carbocycles. The van der Waals surface area contributed by atoms with Crippen LogP contribution >= 0.6 is 24.0 Å². The van der Waals surface area contributed by atoms with E-state index < -0.39 is 5.82 Å². The van der Waals surface area contributed by atoms with Crippen LogP contribution in [0.2, 0.25) is 0 Å². The van der Waals surface area contributed by atoms with Crippen LogP contribution in [-0.4, -0.2) is 55.2 Å². The first-order chi connectivity index (χ1) is 12.6. The van der Waals surface area contributed by atoms with E-state index in [0.29, 0.717) is 12.5 Å². The van der Waals surface area contributed by atoms with Crippen LogP contribution in [0.15, 0.2) is 47.6 Å². The van der Waals surface area contributed by atoms with E-state index in [0.717, 1.165) is 31.9 Å². The molecular weight excluding hydrogens is 467 g/mol. The molecule has 27 heavy (non-hydrogen) atoms. The third-order valence-electron chi connectivity index (χ3n) is 4.12. The Morgan fingerprint density at radius 2 is 1.81 bits per heavy atom. The van der Waals surface area contributed by atoms with Gasteiger partial charge in [-0.25, -0.2) is 18.8 Å². The van der Waals surface area contributed by atoms with Crippen molar-refractivity contribution in [3.8, 4) is 5.88 Å². The third kappa shape index (κ3) is 5.91. The normalized spacial score (nSPS) is 14.7. The highest BCUT2D eigenvalue weighted by Gasteiger charge is 2.18. The van der Waals surface area contributed by atoms with Crippen molar-refractivity contribution in [1.82, 2.24) is 9.88 Å². The van der Waals surface area contributed by atoms with E-state index in [2.05, 4.69) is 14.9 Å². The lowest BCUT2D eigenvalue weighted by atomic mass is 10.2. The quantitative estimate of drug-likeness (QED) is 0.303. The number of halogens is 3. The number of aromatic nitrogens is 1. The zero-order chi connectivity index (χ0) is 18.4. The van der Waals surface area contributed by atoms with Gasteiger partial charge in [0.1, 0.15) is 12.4 Å². The van der Waals surface area contributed by atoms with Crippen molar-refractivity contribution in [1.29, 1.82) is 0 Å². The second-order valence-electron chi connectivity index (χ2n) is 5.83. The molecule has 1 fully saturated rings. The first-order valence-corrected chi connectivity index (χ1v) is 8.42. The Balaban J connectivity index is 0.00000261. The van der Waals surface area contributed by atoms with Crippen molar-refractivity contribution in [3.63, 3.8) is 0 Å². The van der Waals surface area contributed by atoms with Crippen molar-refractivity contribution < 1.29 is 13.5 Å². The van der Waals surface area contributed by atoms with Crippen LogP contribution in [0, 0.1) is 11.6 Å². The van der Waals surface area contributed by atoms with Gasteiger partial charge in [-0.1, -0.05) is 0 Å². The Kier molecular flexibility index (Phi) is 8.01. The summed E-state index contributed by atoms with van der Waals surface area (Å²) in [6.07, 6.45) is 1.47. The minimum Gasteiger partial charge on any atom is -0.474 e. The maximum Gasteiger partial charge on any atom is 0.250 e. The first-order valence-electron chi connectivity index (χ1n) is 8.42. The molecule has 1 saturated heterocycles. The lowest BCUT2D eigenvalue weighted by Crippen LogP contribution is -2.51. The predicted octanol–water partition coefficient (Wildman–Crippen LogP) is 2.49. The number of nitrogens with zero attached hydrogens (tertiary/aromatic N) is 4. The molecule has 0 saturated carbocycles. The Bertz CT molecular complexity index is 752. The van der Waals surface area contributed by atoms with Gasteiger partial charge in [-0.2, -0.15) is 0 Å². The van der Waals surface area contributed by atoms with Gasteiger partial charge in [-0.15, -0.1) is 24.0 Å². The molecule has 0 amide bonds. The summed E-state index contributed by atoms with van der Waals surface area (Å²) in [7, 11) is 0. The van der Waals surface area contributed by atoms with Gasteiger partial charge in [0.05, 0.1) is 6.54 Å². The van der Waals surface area contributed by atoms with Crippen molar-refractivity contribution in [2.45, 2.75) is 0 Å². The Labute approximate surface area is 174 Å². The van der Waals surface area contributed by atoms with Crippen LogP contribution in [0.3, 0.4) is 0 Å². The summed E-state index contributed by atoms with van der Waals surface area (Å²) in [5.41, 5.74) is 7.02. The molecule has 6 nitrogen and oxygen atoms in total. The summed E-state index contributed by atoms with van der Waals surface area (Å²) in [6.45, 7) is 3.52. The highest BCUT2D eigenvalue weighted by molar-refractivity contribution is 14.0. The summed E-state index contributed by atoms with van der Waals surface area (Å²) >= 11 is 0. The average Bonchev–Trinajstić information content (AvgIpc) is 2.67. The van der Waals surface area contributed by atoms with Gasteiger partial charge < -0.3 is 20.3 Å². The van der Waals surface area contributed by atoms with E-state index >= 15 is 0 Å². The third-order valence-corrected chi connectivity index (χ3v) is 4.12. The molecule has 1 aliphatic heterocycles. The average molecular weight is 489 g/mol. The molecule has 146 valence electrons. The van der Waals surface area contributed by atoms with Gasteiger partial charge in [-0.3, -0.25) is 0 Å². The zero-order valence-corrected chi connectivity index (χ0v) is 17.1. The number of pyridine rings is 1. The number of anilines is 1. The van der Waals surface area contributed by atoms with Crippen molar-refractivity contribution in [2.75, 3.05) is 44.2 Å². The van der Waals surface area contributed by atoms with E-state index in [1.165, 1.54) is 30.5 Å². The Morgan fingerprint density at radius 1 is 1.11 bits per heavy atom. The Hall–Kier alpha value is -2.17. The molecular formula is C18H22F2IN5O. The Morgan fingerprint density at radius 3 is 2.48 bits per heavy atom. The fourth-order valence-electron chi connectivity index (χ4n) is 2.73. The number of hydrogen-bond acceptors (Lipinski definition) is 4. The molecule has 0 atom stereocenters. The zero-order valence-electron chi connectivity index (χ0n) is 14.7. The number of hydrogen-bond donors (Lipinski definition) is 1. The maximum absolute atomic E-state index is 13.4. The monoisotopic (exact) mass is 489 g/mol. The fraction of sp³-hybridized carbons (Fsp3) is 0.333. The molecule has 1 aromatic carbocycles. The smallest absolute Gasteiger partial charge is 0.250 e. The molecule has 3 rings (SSSR count). The molecule has 2 aromatic rings. The van der Waals surface area contributed by atoms with Crippen LogP contribution in [0.5, 0.6) is 5.88 Å². The van der Waals surface area contributed by atoms with Gasteiger partial charge in [0.2, 0.25) is 5.88 Å². The number of benzene rings is 1. The summed E-state index contributed by atoms with van der Waals surface area (Å²) in [6, 6.07) is 9.27. The molecule has 2 N–H and O–H groups in total. The highest BCUT2D eigenvalue weighted by Crippen LogP contribution is 2.16. The number of rotatable bonds is 5. The van der Waals surface area contributed by atoms with E-state index in [1.807, 2.05) is 4.90 Å². The van der Waals surface area contributed by atoms with Gasteiger partial charge in [0.25, 0.3) is 0 Å². The van der Waals surface area contributed by atoms with Crippen LogP contribution in [0.1, 0.15) is 0 Å². The molecule has 0 bridgehead atoms. The van der Waals surface area contributed by atoms with E-state index in [4.69, 9.17) is 10.5 Å². The lowest BCUT2D eigenvalue weighted by molar-refractivity contribution is 0.296. The number of guanidine groups is 1. The second-order valence-corrected chi connectivity index (χ2v) is 5.83. The topological polar surface area (TPSA) is 67.0 Å². The minimum atomic E-state index is -0.499. The van der Waals surface area contributed by atoms with Gasteiger partial charge in [0, 0.05) is 38.1 Å². The molecule has 0 radical (unpaired) electrons. The summed E-state index contributed by atoms with van der Waals surface area (Å²) in [5.74, 6) is -0.332. The predicted molar refractivity (Wildman–Crippen MR) is 112 cm³/mol. The van der Waals surface area contributed by atoms with Crippen LogP contribution in [0.4, 0.5) is 14.5 Å². The molecule has 0 unspecified atom stereocenters. The molecule has 9 heteroatoms. The van der Waals surface area contributed by atoms with E-state index in [1.54, 1.807) is 12.1 Å². The SMILES string of the molecule is I.NC(=NCCOc1ncccc1F)N1CCN(c2ccc(F)cc2)CC1. The number of ether oxygens (including phenoxy) is 1. The van der Waals surface area contributed by atoms with Gasteiger partial charge >= 0.3 is 0 Å². The second kappa shape index (κ2) is 10.2. The minimum absolute atomic E-state index is 0. The van der Waals surface area contributed by atoms with Crippen molar-refractivity contribution in [2.24, 2.45) is 10.7 Å². The molecule has 0 spiro atoms. The number of piperazine rings is 1. The van der Waals surface area contributed by atoms with Crippen molar-refractivity contribution >= 4 is 35.6 Å². The van der Waals surface area contributed by atoms with Crippen molar-refractivity contribution in [3.05, 3.63) is 54.2 Å². The first kappa shape index (κ1) is 21.1. The molecule has 1 aliphatic rings. The standard InChI is InChI=1S/C18H21F2N5O.HI/c19-14-3-5-15(6-4-14)24-9-11-25(12-10-24)18(21)23-8-13-26-17-16(20)2-1-7-22-17;/h1-7H,8-13H2,(H2,21,23);1H. The van der Waals surface area contributed by atoms with Gasteiger partial charge in [0.15, 0.2) is 11.8 Å². The largest absolute Gasteiger partial charge is 0.474 e. The molecule has 2 heterocycles. The number of aliphatic imine (C=N–C) groups is 1. The summed E-state index contributed by atoms with van der Waals surface area (Å²) in [4.78, 5) is 12.3.